The SMILES string of the molecule is Cc1cc2c(SC(C)CCO)nccn2n1. The van der Waals surface area contributed by atoms with Gasteiger partial charge in [-0.1, -0.05) is 6.92 Å². The van der Waals surface area contributed by atoms with E-state index in [-0.39, 0.29) is 6.61 Å². The first-order chi connectivity index (χ1) is 7.70. The largest absolute Gasteiger partial charge is 0.396 e. The molecule has 2 aromatic rings. The molecule has 2 heterocycles. The molecule has 0 amide bonds. The molecule has 2 aromatic heterocycles. The Kier molecular flexibility index (Phi) is 3.46. The molecule has 0 aliphatic heterocycles. The summed E-state index contributed by atoms with van der Waals surface area (Å²) in [5, 5.41) is 14.6. The molecule has 4 nitrogen and oxygen atoms in total. The number of thioether (sulfide) groups is 1. The van der Waals surface area contributed by atoms with Crippen LogP contribution >= 0.6 is 11.8 Å². The molecule has 16 heavy (non-hydrogen) atoms. The summed E-state index contributed by atoms with van der Waals surface area (Å²) >= 11 is 1.68. The number of hydrogen-bond donors (Lipinski definition) is 1. The third-order valence-corrected chi connectivity index (χ3v) is 3.50. The number of aryl methyl sites for hydroxylation is 1. The van der Waals surface area contributed by atoms with Gasteiger partial charge in [-0.2, -0.15) is 5.10 Å². The van der Waals surface area contributed by atoms with Crippen LogP contribution in [0.3, 0.4) is 0 Å². The van der Waals surface area contributed by atoms with E-state index >= 15 is 0 Å². The quantitative estimate of drug-likeness (QED) is 0.825. The molecular weight excluding hydrogens is 222 g/mol. The molecule has 0 aromatic carbocycles. The molecule has 2 rings (SSSR count). The van der Waals surface area contributed by atoms with Crippen LogP contribution in [0, 0.1) is 6.92 Å². The van der Waals surface area contributed by atoms with Crippen LogP contribution in [0.25, 0.3) is 5.52 Å². The van der Waals surface area contributed by atoms with E-state index in [1.165, 1.54) is 0 Å². The maximum Gasteiger partial charge on any atom is 0.122 e. The van der Waals surface area contributed by atoms with E-state index in [2.05, 4.69) is 17.0 Å². The Labute approximate surface area is 98.7 Å². The molecule has 0 saturated carbocycles. The lowest BCUT2D eigenvalue weighted by Crippen LogP contribution is -2.01. The number of aromatic nitrogens is 3. The van der Waals surface area contributed by atoms with E-state index in [0.29, 0.717) is 5.25 Å². The third kappa shape index (κ3) is 2.36. The number of nitrogens with zero attached hydrogens (tertiary/aromatic N) is 3. The van der Waals surface area contributed by atoms with Crippen molar-refractivity contribution in [3.63, 3.8) is 0 Å². The zero-order chi connectivity index (χ0) is 11.5. The molecule has 0 bridgehead atoms. The summed E-state index contributed by atoms with van der Waals surface area (Å²) < 4.78 is 1.84. The predicted octanol–water partition coefficient (Wildman–Crippen LogP) is 1.90. The molecule has 5 heteroatoms. The molecular formula is C11H15N3OS. The Morgan fingerprint density at radius 2 is 2.38 bits per heavy atom. The second-order valence-corrected chi connectivity index (χ2v) is 5.22. The van der Waals surface area contributed by atoms with Crippen molar-refractivity contribution in [2.75, 3.05) is 6.61 Å². The minimum absolute atomic E-state index is 0.218. The molecule has 1 N–H and O–H groups in total. The summed E-state index contributed by atoms with van der Waals surface area (Å²) in [6.07, 6.45) is 4.39. The maximum atomic E-state index is 8.88. The average Bonchev–Trinajstić information content (AvgIpc) is 2.60. The van der Waals surface area contributed by atoms with Gasteiger partial charge in [-0.3, -0.25) is 0 Å². The van der Waals surface area contributed by atoms with Gasteiger partial charge in [0, 0.05) is 24.3 Å². The molecule has 0 fully saturated rings. The highest BCUT2D eigenvalue weighted by Gasteiger charge is 2.10. The topological polar surface area (TPSA) is 50.4 Å². The Morgan fingerprint density at radius 1 is 1.56 bits per heavy atom. The number of rotatable bonds is 4. The van der Waals surface area contributed by atoms with E-state index in [4.69, 9.17) is 5.11 Å². The first kappa shape index (κ1) is 11.4. The van der Waals surface area contributed by atoms with Gasteiger partial charge in [0.25, 0.3) is 0 Å². The van der Waals surface area contributed by atoms with E-state index in [0.717, 1.165) is 22.7 Å². The Hall–Kier alpha value is -1.07. The highest BCUT2D eigenvalue weighted by molar-refractivity contribution is 8.00. The fourth-order valence-electron chi connectivity index (χ4n) is 1.54. The van der Waals surface area contributed by atoms with E-state index in [9.17, 15) is 0 Å². The zero-order valence-corrected chi connectivity index (χ0v) is 10.2. The van der Waals surface area contributed by atoms with Gasteiger partial charge in [0.15, 0.2) is 0 Å². The summed E-state index contributed by atoms with van der Waals surface area (Å²) in [6.45, 7) is 4.28. The van der Waals surface area contributed by atoms with Gasteiger partial charge >= 0.3 is 0 Å². The van der Waals surface area contributed by atoms with Gasteiger partial charge in [0.2, 0.25) is 0 Å². The Bertz CT molecular complexity index is 483. The summed E-state index contributed by atoms with van der Waals surface area (Å²) in [6, 6.07) is 2.03. The number of hydrogen-bond acceptors (Lipinski definition) is 4. The van der Waals surface area contributed by atoms with Crippen LogP contribution in [0.4, 0.5) is 0 Å². The van der Waals surface area contributed by atoms with Crippen molar-refractivity contribution in [2.24, 2.45) is 0 Å². The van der Waals surface area contributed by atoms with Crippen LogP contribution < -0.4 is 0 Å². The second-order valence-electron chi connectivity index (χ2n) is 3.79. The molecule has 0 aliphatic rings. The Balaban J connectivity index is 2.29. The predicted molar refractivity (Wildman–Crippen MR) is 64.7 cm³/mol. The summed E-state index contributed by atoms with van der Waals surface area (Å²) in [5.74, 6) is 0. The normalized spacial score (nSPS) is 13.2. The summed E-state index contributed by atoms with van der Waals surface area (Å²) in [7, 11) is 0. The van der Waals surface area contributed by atoms with E-state index < -0.39 is 0 Å². The zero-order valence-electron chi connectivity index (χ0n) is 9.42. The average molecular weight is 237 g/mol. The number of aliphatic hydroxyl groups is 1. The van der Waals surface area contributed by atoms with Gasteiger partial charge in [-0.25, -0.2) is 9.50 Å². The van der Waals surface area contributed by atoms with Gasteiger partial charge in [-0.15, -0.1) is 11.8 Å². The van der Waals surface area contributed by atoms with Gasteiger partial charge in [0.05, 0.1) is 11.2 Å². The maximum absolute atomic E-state index is 8.88. The minimum Gasteiger partial charge on any atom is -0.396 e. The molecule has 1 atom stereocenters. The number of fused-ring (bicyclic) bond motifs is 1. The highest BCUT2D eigenvalue weighted by atomic mass is 32.2. The van der Waals surface area contributed by atoms with Gasteiger partial charge in [0.1, 0.15) is 5.03 Å². The molecule has 0 aliphatic carbocycles. The van der Waals surface area contributed by atoms with Crippen molar-refractivity contribution in [3.8, 4) is 0 Å². The van der Waals surface area contributed by atoms with E-state index in [1.54, 1.807) is 18.0 Å². The van der Waals surface area contributed by atoms with E-state index in [1.807, 2.05) is 23.7 Å². The van der Waals surface area contributed by atoms with Crippen molar-refractivity contribution < 1.29 is 5.11 Å². The first-order valence-corrected chi connectivity index (χ1v) is 6.17. The van der Waals surface area contributed by atoms with Crippen LogP contribution in [0.2, 0.25) is 0 Å². The standard InChI is InChI=1S/C11H15N3OS/c1-8-7-10-11(16-9(2)3-6-15)12-4-5-14(10)13-8/h4-5,7,9,15H,3,6H2,1-2H3. The van der Waals surface area contributed by atoms with Crippen LogP contribution in [0.5, 0.6) is 0 Å². The second kappa shape index (κ2) is 4.84. The van der Waals surface area contributed by atoms with Crippen molar-refractivity contribution in [2.45, 2.75) is 30.5 Å². The summed E-state index contributed by atoms with van der Waals surface area (Å²) in [4.78, 5) is 4.36. The lowest BCUT2D eigenvalue weighted by atomic mass is 10.3. The van der Waals surface area contributed by atoms with Gasteiger partial charge in [-0.05, 0) is 19.4 Å². The first-order valence-electron chi connectivity index (χ1n) is 5.29. The number of aliphatic hydroxyl groups excluding tert-OH is 1. The minimum atomic E-state index is 0.218. The van der Waals surface area contributed by atoms with Crippen molar-refractivity contribution in [1.82, 2.24) is 14.6 Å². The molecule has 0 radical (unpaired) electrons. The van der Waals surface area contributed by atoms with Gasteiger partial charge < -0.3 is 5.11 Å². The molecule has 86 valence electrons. The van der Waals surface area contributed by atoms with Crippen LogP contribution in [0.1, 0.15) is 19.0 Å². The van der Waals surface area contributed by atoms with Crippen molar-refractivity contribution >= 4 is 17.3 Å². The highest BCUT2D eigenvalue weighted by Crippen LogP contribution is 2.26. The van der Waals surface area contributed by atoms with Crippen LogP contribution in [-0.4, -0.2) is 31.6 Å². The lowest BCUT2D eigenvalue weighted by Gasteiger charge is -2.08. The smallest absolute Gasteiger partial charge is 0.122 e. The molecule has 1 unspecified atom stereocenters. The Morgan fingerprint density at radius 3 is 3.12 bits per heavy atom. The van der Waals surface area contributed by atoms with Crippen molar-refractivity contribution in [1.29, 1.82) is 0 Å². The summed E-state index contributed by atoms with van der Waals surface area (Å²) in [5.41, 5.74) is 2.03. The third-order valence-electron chi connectivity index (χ3n) is 2.33. The fraction of sp³-hybridized carbons (Fsp3) is 0.455. The lowest BCUT2D eigenvalue weighted by molar-refractivity contribution is 0.289. The van der Waals surface area contributed by atoms with Crippen LogP contribution in [-0.2, 0) is 0 Å². The fourth-order valence-corrected chi connectivity index (χ4v) is 2.54. The van der Waals surface area contributed by atoms with Crippen molar-refractivity contribution in [3.05, 3.63) is 24.2 Å². The monoisotopic (exact) mass is 237 g/mol. The molecule has 0 saturated heterocycles. The molecule has 0 spiro atoms. The van der Waals surface area contributed by atoms with Crippen LogP contribution in [0.15, 0.2) is 23.5 Å².